The van der Waals surface area contributed by atoms with Crippen LogP contribution in [0, 0.1) is 17.1 Å². The van der Waals surface area contributed by atoms with Crippen LogP contribution in [0.1, 0.15) is 24.0 Å². The normalized spacial score (nSPS) is 14.4. The predicted octanol–water partition coefficient (Wildman–Crippen LogP) is 3.52. The summed E-state index contributed by atoms with van der Waals surface area (Å²) >= 11 is 0. The molecule has 1 aromatic carbocycles. The zero-order valence-electron chi connectivity index (χ0n) is 8.91. The summed E-state index contributed by atoms with van der Waals surface area (Å²) in [7, 11) is 0. The molecular formula is C14H12FN. The maximum absolute atomic E-state index is 13.1. The molecule has 0 saturated carbocycles. The fraction of sp³-hybridized carbons (Fsp3) is 0.214. The van der Waals surface area contributed by atoms with Gasteiger partial charge in [0.2, 0.25) is 0 Å². The van der Waals surface area contributed by atoms with Crippen LogP contribution in [0.4, 0.5) is 4.39 Å². The first-order chi connectivity index (χ1) is 7.79. The van der Waals surface area contributed by atoms with Crippen molar-refractivity contribution in [2.45, 2.75) is 19.3 Å². The van der Waals surface area contributed by atoms with Gasteiger partial charge in [0.25, 0.3) is 0 Å². The fourth-order valence-electron chi connectivity index (χ4n) is 1.80. The Labute approximate surface area is 94.5 Å². The zero-order valence-corrected chi connectivity index (χ0v) is 8.91. The van der Waals surface area contributed by atoms with Crippen LogP contribution in [0.15, 0.2) is 42.0 Å². The third-order valence-corrected chi connectivity index (χ3v) is 2.63. The van der Waals surface area contributed by atoms with Gasteiger partial charge < -0.3 is 0 Å². The molecule has 0 radical (unpaired) electrons. The second-order valence-electron chi connectivity index (χ2n) is 3.86. The van der Waals surface area contributed by atoms with Gasteiger partial charge in [-0.2, -0.15) is 5.26 Å². The summed E-state index contributed by atoms with van der Waals surface area (Å²) in [6.45, 7) is 0. The number of halogens is 1. The molecule has 1 nitrogen and oxygen atoms in total. The molecule has 0 spiro atoms. The molecule has 0 unspecified atom stereocenters. The van der Waals surface area contributed by atoms with Gasteiger partial charge in [0, 0.05) is 0 Å². The van der Waals surface area contributed by atoms with E-state index in [1.165, 1.54) is 11.6 Å². The van der Waals surface area contributed by atoms with Crippen molar-refractivity contribution in [1.82, 2.24) is 0 Å². The summed E-state index contributed by atoms with van der Waals surface area (Å²) in [5, 5.41) is 8.73. The third-order valence-electron chi connectivity index (χ3n) is 2.63. The molecular weight excluding hydrogens is 201 g/mol. The molecule has 80 valence electrons. The van der Waals surface area contributed by atoms with Gasteiger partial charge in [0.05, 0.1) is 5.56 Å². The fourth-order valence-corrected chi connectivity index (χ4v) is 1.80. The van der Waals surface area contributed by atoms with Crippen molar-refractivity contribution >= 4 is 0 Å². The van der Waals surface area contributed by atoms with E-state index < -0.39 is 5.82 Å². The highest BCUT2D eigenvalue weighted by molar-refractivity contribution is 5.37. The predicted molar refractivity (Wildman–Crippen MR) is 61.3 cm³/mol. The quantitative estimate of drug-likeness (QED) is 0.737. The molecule has 1 aliphatic carbocycles. The van der Waals surface area contributed by atoms with Crippen LogP contribution < -0.4 is 0 Å². The smallest absolute Gasteiger partial charge is 0.140 e. The first-order valence-corrected chi connectivity index (χ1v) is 5.33. The number of allylic oxidation sites excluding steroid dienone is 4. The van der Waals surface area contributed by atoms with Crippen molar-refractivity contribution < 1.29 is 4.39 Å². The Morgan fingerprint density at radius 1 is 1.31 bits per heavy atom. The minimum absolute atomic E-state index is 0.123. The summed E-state index contributed by atoms with van der Waals surface area (Å²) in [4.78, 5) is 0. The Hall–Kier alpha value is -1.88. The van der Waals surface area contributed by atoms with E-state index in [-0.39, 0.29) is 5.56 Å². The van der Waals surface area contributed by atoms with Crippen molar-refractivity contribution in [2.24, 2.45) is 0 Å². The molecule has 0 aromatic heterocycles. The summed E-state index contributed by atoms with van der Waals surface area (Å²) in [6.07, 6.45) is 9.36. The van der Waals surface area contributed by atoms with Gasteiger partial charge in [0.1, 0.15) is 11.9 Å². The molecule has 1 aromatic rings. The zero-order chi connectivity index (χ0) is 11.4. The van der Waals surface area contributed by atoms with Crippen LogP contribution >= 0.6 is 0 Å². The monoisotopic (exact) mass is 213 g/mol. The Kier molecular flexibility index (Phi) is 3.16. The molecule has 0 N–H and O–H groups in total. The number of nitrogens with zero attached hydrogens (tertiary/aromatic N) is 1. The second-order valence-corrected chi connectivity index (χ2v) is 3.86. The van der Waals surface area contributed by atoms with E-state index in [1.807, 2.05) is 6.07 Å². The van der Waals surface area contributed by atoms with Crippen molar-refractivity contribution in [3.8, 4) is 6.07 Å². The van der Waals surface area contributed by atoms with E-state index >= 15 is 0 Å². The second kappa shape index (κ2) is 4.76. The van der Waals surface area contributed by atoms with Gasteiger partial charge in [-0.3, -0.25) is 0 Å². The van der Waals surface area contributed by atoms with Gasteiger partial charge in [-0.05, 0) is 42.5 Å². The lowest BCUT2D eigenvalue weighted by molar-refractivity contribution is 0.623. The number of hydrogen-bond donors (Lipinski definition) is 0. The van der Waals surface area contributed by atoms with Crippen LogP contribution in [-0.2, 0) is 6.42 Å². The van der Waals surface area contributed by atoms with E-state index in [0.29, 0.717) is 0 Å². The van der Waals surface area contributed by atoms with E-state index in [0.717, 1.165) is 24.8 Å². The number of hydrogen-bond acceptors (Lipinski definition) is 1. The standard InChI is InChI=1S/C14H12FN/c15-14-7-6-12(9-13(14)10-16)8-11-4-2-1-3-5-11/h2,4-7,9H,1,3,8H2. The lowest BCUT2D eigenvalue weighted by Crippen LogP contribution is -1.93. The van der Waals surface area contributed by atoms with Gasteiger partial charge in [0.15, 0.2) is 0 Å². The van der Waals surface area contributed by atoms with Gasteiger partial charge in [-0.15, -0.1) is 0 Å². The largest absolute Gasteiger partial charge is 0.206 e. The Bertz CT molecular complexity index is 492. The van der Waals surface area contributed by atoms with Crippen molar-refractivity contribution in [1.29, 1.82) is 5.26 Å². The molecule has 0 amide bonds. The van der Waals surface area contributed by atoms with Gasteiger partial charge >= 0.3 is 0 Å². The summed E-state index contributed by atoms with van der Waals surface area (Å²) in [6, 6.07) is 6.58. The van der Waals surface area contributed by atoms with E-state index in [1.54, 1.807) is 12.1 Å². The Morgan fingerprint density at radius 3 is 2.88 bits per heavy atom. The average molecular weight is 213 g/mol. The highest BCUT2D eigenvalue weighted by atomic mass is 19.1. The highest BCUT2D eigenvalue weighted by Gasteiger charge is 2.04. The highest BCUT2D eigenvalue weighted by Crippen LogP contribution is 2.17. The maximum Gasteiger partial charge on any atom is 0.140 e. The van der Waals surface area contributed by atoms with Crippen LogP contribution in [0.25, 0.3) is 0 Å². The van der Waals surface area contributed by atoms with Crippen molar-refractivity contribution in [2.75, 3.05) is 0 Å². The molecule has 2 heteroatoms. The summed E-state index contributed by atoms with van der Waals surface area (Å²) in [5.41, 5.74) is 2.34. The number of nitriles is 1. The molecule has 16 heavy (non-hydrogen) atoms. The van der Waals surface area contributed by atoms with Crippen molar-refractivity contribution in [3.05, 3.63) is 58.9 Å². The van der Waals surface area contributed by atoms with Crippen LogP contribution in [0.5, 0.6) is 0 Å². The van der Waals surface area contributed by atoms with Gasteiger partial charge in [-0.25, -0.2) is 4.39 Å². The van der Waals surface area contributed by atoms with Crippen LogP contribution in [0.3, 0.4) is 0 Å². The van der Waals surface area contributed by atoms with Crippen LogP contribution in [-0.4, -0.2) is 0 Å². The summed E-state index contributed by atoms with van der Waals surface area (Å²) in [5.74, 6) is -0.445. The third kappa shape index (κ3) is 2.38. The first kappa shape index (κ1) is 10.6. The average Bonchev–Trinajstić information content (AvgIpc) is 2.33. The molecule has 0 atom stereocenters. The SMILES string of the molecule is N#Cc1cc(CC2=CCCC=C2)ccc1F. The minimum atomic E-state index is -0.445. The van der Waals surface area contributed by atoms with Gasteiger partial charge in [-0.1, -0.05) is 24.3 Å². The Balaban J connectivity index is 2.19. The molecule has 0 saturated heterocycles. The molecule has 0 bridgehead atoms. The van der Waals surface area contributed by atoms with E-state index in [9.17, 15) is 4.39 Å². The maximum atomic E-state index is 13.1. The lowest BCUT2D eigenvalue weighted by atomic mass is 9.98. The minimum Gasteiger partial charge on any atom is -0.206 e. The molecule has 0 aliphatic heterocycles. The van der Waals surface area contributed by atoms with Crippen LogP contribution in [0.2, 0.25) is 0 Å². The molecule has 2 rings (SSSR count). The lowest BCUT2D eigenvalue weighted by Gasteiger charge is -2.07. The number of benzene rings is 1. The van der Waals surface area contributed by atoms with E-state index in [4.69, 9.17) is 5.26 Å². The molecule has 1 aliphatic rings. The first-order valence-electron chi connectivity index (χ1n) is 5.33. The van der Waals surface area contributed by atoms with E-state index in [2.05, 4.69) is 18.2 Å². The summed E-state index contributed by atoms with van der Waals surface area (Å²) < 4.78 is 13.1. The molecule has 0 fully saturated rings. The number of rotatable bonds is 2. The topological polar surface area (TPSA) is 23.8 Å². The Morgan fingerprint density at radius 2 is 2.19 bits per heavy atom. The van der Waals surface area contributed by atoms with Crippen molar-refractivity contribution in [3.63, 3.8) is 0 Å². The molecule has 0 heterocycles.